The molecule has 0 bridgehead atoms. The third-order valence-corrected chi connectivity index (χ3v) is 3.90. The summed E-state index contributed by atoms with van der Waals surface area (Å²) < 4.78 is 1.86. The molecule has 2 aromatic carbocycles. The van der Waals surface area contributed by atoms with Crippen LogP contribution in [0.5, 0.6) is 0 Å². The summed E-state index contributed by atoms with van der Waals surface area (Å²) in [4.78, 5) is 22.5. The number of aryl methyl sites for hydroxylation is 1. The number of hydrogen-bond acceptors (Lipinski definition) is 3. The van der Waals surface area contributed by atoms with Crippen molar-refractivity contribution in [3.8, 4) is 0 Å². The van der Waals surface area contributed by atoms with Gasteiger partial charge in [-0.25, -0.2) is 0 Å². The van der Waals surface area contributed by atoms with Crippen molar-refractivity contribution in [1.29, 1.82) is 0 Å². The van der Waals surface area contributed by atoms with E-state index in [1.54, 1.807) is 12.1 Å². The maximum Gasteiger partial charge on any atom is 0.271 e. The lowest BCUT2D eigenvalue weighted by atomic mass is 10.1. The van der Waals surface area contributed by atoms with Gasteiger partial charge in [-0.2, -0.15) is 0 Å². The molecule has 6 heteroatoms. The van der Waals surface area contributed by atoms with Crippen molar-refractivity contribution in [3.05, 3.63) is 70.4 Å². The number of nitrogens with one attached hydrogen (secondary N) is 1. The van der Waals surface area contributed by atoms with Gasteiger partial charge in [0.2, 0.25) is 5.91 Å². The van der Waals surface area contributed by atoms with Crippen molar-refractivity contribution in [3.63, 3.8) is 0 Å². The quantitative estimate of drug-likeness (QED) is 0.574. The molecule has 6 nitrogen and oxygen atoms in total. The molecule has 0 atom stereocenters. The lowest BCUT2D eigenvalue weighted by Crippen LogP contribution is -2.18. The first-order chi connectivity index (χ1) is 11.6. The number of nitrogens with zero attached hydrogens (tertiary/aromatic N) is 2. The normalized spacial score (nSPS) is 10.7. The summed E-state index contributed by atoms with van der Waals surface area (Å²) >= 11 is 0. The van der Waals surface area contributed by atoms with Gasteiger partial charge in [0.05, 0.1) is 4.92 Å². The Bertz CT molecular complexity index is 915. The number of hydrogen-bond donors (Lipinski definition) is 1. The maximum atomic E-state index is 12.2. The van der Waals surface area contributed by atoms with Gasteiger partial charge in [-0.15, -0.1) is 0 Å². The van der Waals surface area contributed by atoms with Crippen LogP contribution in [-0.2, 0) is 17.8 Å². The third-order valence-electron chi connectivity index (χ3n) is 3.90. The van der Waals surface area contributed by atoms with Crippen LogP contribution >= 0.6 is 0 Å². The van der Waals surface area contributed by atoms with Gasteiger partial charge in [-0.1, -0.05) is 19.1 Å². The third kappa shape index (κ3) is 3.27. The Hall–Kier alpha value is -3.15. The molecular formula is C18H17N3O3. The summed E-state index contributed by atoms with van der Waals surface area (Å²) in [5.74, 6) is -0.229. The van der Waals surface area contributed by atoms with E-state index in [2.05, 4.69) is 24.4 Å². The number of carbonyl (C=O) groups excluding carboxylic acids is 1. The Morgan fingerprint density at radius 1 is 1.21 bits per heavy atom. The molecule has 24 heavy (non-hydrogen) atoms. The number of nitro benzene ring substituents is 1. The van der Waals surface area contributed by atoms with Crippen molar-refractivity contribution in [2.24, 2.45) is 0 Å². The van der Waals surface area contributed by atoms with Gasteiger partial charge in [0, 0.05) is 29.5 Å². The number of fused-ring (bicyclic) bond motifs is 1. The number of rotatable bonds is 5. The molecule has 0 fully saturated rings. The van der Waals surface area contributed by atoms with Crippen molar-refractivity contribution in [1.82, 2.24) is 4.57 Å². The molecule has 0 radical (unpaired) electrons. The van der Waals surface area contributed by atoms with Crippen molar-refractivity contribution in [2.75, 3.05) is 5.32 Å². The smallest absolute Gasteiger partial charge is 0.271 e. The number of anilines is 1. The molecule has 1 amide bonds. The molecule has 0 aliphatic carbocycles. The van der Waals surface area contributed by atoms with Gasteiger partial charge in [-0.05, 0) is 41.6 Å². The molecule has 1 heterocycles. The monoisotopic (exact) mass is 323 g/mol. The van der Waals surface area contributed by atoms with Crippen molar-refractivity contribution < 1.29 is 9.72 Å². The SMILES string of the molecule is CCc1ccc2c(ccn2CC(=O)Nc2cccc([N+](=O)[O-])c2)c1. The molecule has 0 aliphatic rings. The Kier molecular flexibility index (Phi) is 4.29. The molecule has 1 N–H and O–H groups in total. The largest absolute Gasteiger partial charge is 0.338 e. The van der Waals surface area contributed by atoms with Crippen LogP contribution in [0.3, 0.4) is 0 Å². The van der Waals surface area contributed by atoms with Gasteiger partial charge < -0.3 is 9.88 Å². The van der Waals surface area contributed by atoms with Crippen molar-refractivity contribution >= 4 is 28.2 Å². The number of amides is 1. The zero-order valence-corrected chi connectivity index (χ0v) is 13.2. The standard InChI is InChI=1S/C18H17N3O3/c1-2-13-6-7-17-14(10-13)8-9-20(17)12-18(22)19-15-4-3-5-16(11-15)21(23)24/h3-11H,2,12H2,1H3,(H,19,22). The van der Waals surface area contributed by atoms with Gasteiger partial charge in [-0.3, -0.25) is 14.9 Å². The fourth-order valence-electron chi connectivity index (χ4n) is 2.66. The van der Waals surface area contributed by atoms with Crippen molar-refractivity contribution in [2.45, 2.75) is 19.9 Å². The van der Waals surface area contributed by atoms with Gasteiger partial charge >= 0.3 is 0 Å². The van der Waals surface area contributed by atoms with E-state index in [1.165, 1.54) is 17.7 Å². The van der Waals surface area contributed by atoms with E-state index in [1.807, 2.05) is 22.9 Å². The first kappa shape index (κ1) is 15.7. The Labute approximate surface area is 138 Å². The second-order valence-corrected chi connectivity index (χ2v) is 5.55. The molecular weight excluding hydrogens is 306 g/mol. The van der Waals surface area contributed by atoms with E-state index in [0.717, 1.165) is 17.3 Å². The van der Waals surface area contributed by atoms with Gasteiger partial charge in [0.25, 0.3) is 5.69 Å². The second-order valence-electron chi connectivity index (χ2n) is 5.55. The predicted molar refractivity (Wildman–Crippen MR) is 93.0 cm³/mol. The molecule has 1 aromatic heterocycles. The fraction of sp³-hybridized carbons (Fsp3) is 0.167. The molecule has 3 aromatic rings. The zero-order valence-electron chi connectivity index (χ0n) is 13.2. The van der Waals surface area contributed by atoms with Crippen LogP contribution in [0.15, 0.2) is 54.7 Å². The average molecular weight is 323 g/mol. The van der Waals surface area contributed by atoms with E-state index >= 15 is 0 Å². The highest BCUT2D eigenvalue weighted by Crippen LogP contribution is 2.19. The van der Waals surface area contributed by atoms with Crippen LogP contribution in [0.4, 0.5) is 11.4 Å². The summed E-state index contributed by atoms with van der Waals surface area (Å²) in [6, 6.07) is 14.1. The summed E-state index contributed by atoms with van der Waals surface area (Å²) in [7, 11) is 0. The van der Waals surface area contributed by atoms with E-state index in [9.17, 15) is 14.9 Å². The molecule has 3 rings (SSSR count). The lowest BCUT2D eigenvalue weighted by Gasteiger charge is -2.08. The Morgan fingerprint density at radius 2 is 2.04 bits per heavy atom. The highest BCUT2D eigenvalue weighted by Gasteiger charge is 2.10. The predicted octanol–water partition coefficient (Wildman–Crippen LogP) is 3.75. The van der Waals surface area contributed by atoms with Crippen LogP contribution in [0.1, 0.15) is 12.5 Å². The minimum absolute atomic E-state index is 0.0497. The molecule has 0 saturated heterocycles. The van der Waals surface area contributed by atoms with Crippen LogP contribution in [-0.4, -0.2) is 15.4 Å². The van der Waals surface area contributed by atoms with E-state index in [-0.39, 0.29) is 18.1 Å². The minimum Gasteiger partial charge on any atom is -0.338 e. The number of nitro groups is 1. The first-order valence-corrected chi connectivity index (χ1v) is 7.69. The minimum atomic E-state index is -0.486. The molecule has 0 unspecified atom stereocenters. The summed E-state index contributed by atoms with van der Waals surface area (Å²) in [6.45, 7) is 2.25. The zero-order chi connectivity index (χ0) is 17.1. The first-order valence-electron chi connectivity index (χ1n) is 7.69. The highest BCUT2D eigenvalue weighted by atomic mass is 16.6. The molecule has 0 spiro atoms. The van der Waals surface area contributed by atoms with Crippen LogP contribution in [0.2, 0.25) is 0 Å². The van der Waals surface area contributed by atoms with Crippen LogP contribution in [0.25, 0.3) is 10.9 Å². The average Bonchev–Trinajstić information content (AvgIpc) is 2.97. The summed E-state index contributed by atoms with van der Waals surface area (Å²) in [6.07, 6.45) is 2.84. The molecule has 122 valence electrons. The second kappa shape index (κ2) is 6.54. The molecule has 0 saturated carbocycles. The van der Waals surface area contributed by atoms with Crippen LogP contribution in [0, 0.1) is 10.1 Å². The highest BCUT2D eigenvalue weighted by molar-refractivity contribution is 5.92. The topological polar surface area (TPSA) is 77.2 Å². The van der Waals surface area contributed by atoms with Gasteiger partial charge in [0.1, 0.15) is 6.54 Å². The van der Waals surface area contributed by atoms with E-state index in [4.69, 9.17) is 0 Å². The van der Waals surface area contributed by atoms with E-state index in [0.29, 0.717) is 5.69 Å². The summed E-state index contributed by atoms with van der Waals surface area (Å²) in [5, 5.41) is 14.6. The van der Waals surface area contributed by atoms with Crippen LogP contribution < -0.4 is 5.32 Å². The Morgan fingerprint density at radius 3 is 2.79 bits per heavy atom. The number of carbonyl (C=O) groups is 1. The van der Waals surface area contributed by atoms with E-state index < -0.39 is 4.92 Å². The van der Waals surface area contributed by atoms with Gasteiger partial charge in [0.15, 0.2) is 0 Å². The molecule has 0 aliphatic heterocycles. The number of benzene rings is 2. The number of non-ortho nitro benzene ring substituents is 1. The maximum absolute atomic E-state index is 12.2. The number of aromatic nitrogens is 1. The fourth-order valence-corrected chi connectivity index (χ4v) is 2.66. The Balaban J connectivity index is 1.75. The summed E-state index contributed by atoms with van der Waals surface area (Å²) in [5.41, 5.74) is 2.60. The lowest BCUT2D eigenvalue weighted by molar-refractivity contribution is -0.384.